The Hall–Kier alpha value is -1.87. The Labute approximate surface area is 119 Å². The van der Waals surface area contributed by atoms with Crippen LogP contribution in [0.5, 0.6) is 0 Å². The second-order valence-corrected chi connectivity index (χ2v) is 5.54. The SMILES string of the molecule is Cc1ccc(S(=O)(=O)O)cc1.FC(F)(F)Cc1ncc[nH]1. The maximum atomic E-state index is 11.6. The van der Waals surface area contributed by atoms with Crippen molar-refractivity contribution in [3.63, 3.8) is 0 Å². The van der Waals surface area contributed by atoms with Crippen molar-refractivity contribution in [1.29, 1.82) is 0 Å². The van der Waals surface area contributed by atoms with Gasteiger partial charge in [-0.25, -0.2) is 4.98 Å². The molecule has 0 aliphatic rings. The number of aromatic nitrogens is 2. The number of rotatable bonds is 2. The van der Waals surface area contributed by atoms with Crippen LogP contribution >= 0.6 is 0 Å². The van der Waals surface area contributed by atoms with E-state index in [1.54, 1.807) is 12.1 Å². The molecule has 2 N–H and O–H groups in total. The maximum Gasteiger partial charge on any atom is 0.396 e. The summed E-state index contributed by atoms with van der Waals surface area (Å²) in [7, 11) is -4.02. The quantitative estimate of drug-likeness (QED) is 0.833. The number of benzene rings is 1. The first kappa shape index (κ1) is 17.2. The summed E-state index contributed by atoms with van der Waals surface area (Å²) < 4.78 is 64.2. The van der Waals surface area contributed by atoms with E-state index in [9.17, 15) is 21.6 Å². The Bertz CT molecular complexity index is 650. The fourth-order valence-electron chi connectivity index (χ4n) is 1.29. The van der Waals surface area contributed by atoms with Crippen molar-refractivity contribution in [3.05, 3.63) is 48.0 Å². The molecule has 0 amide bonds. The predicted octanol–water partition coefficient (Wildman–Crippen LogP) is 2.76. The average molecular weight is 322 g/mol. The highest BCUT2D eigenvalue weighted by molar-refractivity contribution is 7.85. The van der Waals surface area contributed by atoms with Crippen molar-refractivity contribution >= 4 is 10.1 Å². The molecule has 1 aromatic carbocycles. The molecule has 9 heteroatoms. The van der Waals surface area contributed by atoms with Crippen LogP contribution in [-0.2, 0) is 16.5 Å². The highest BCUT2D eigenvalue weighted by atomic mass is 32.2. The number of aryl methyl sites for hydroxylation is 1. The first-order chi connectivity index (χ1) is 9.58. The van der Waals surface area contributed by atoms with Crippen molar-refractivity contribution in [1.82, 2.24) is 9.97 Å². The third-order valence-electron chi connectivity index (χ3n) is 2.24. The minimum atomic E-state index is -4.17. The molecule has 2 rings (SSSR count). The first-order valence-corrected chi connectivity index (χ1v) is 7.11. The molecule has 0 spiro atoms. The van der Waals surface area contributed by atoms with Crippen molar-refractivity contribution in [3.8, 4) is 0 Å². The van der Waals surface area contributed by atoms with Gasteiger partial charge >= 0.3 is 6.18 Å². The van der Waals surface area contributed by atoms with Gasteiger partial charge in [-0.15, -0.1) is 0 Å². The molecule has 0 bridgehead atoms. The number of H-pyrrole nitrogens is 1. The molecule has 1 aromatic heterocycles. The highest BCUT2D eigenvalue weighted by Gasteiger charge is 2.28. The van der Waals surface area contributed by atoms with Gasteiger partial charge in [-0.2, -0.15) is 21.6 Å². The zero-order chi connectivity index (χ0) is 16.1. The highest BCUT2D eigenvalue weighted by Crippen LogP contribution is 2.18. The van der Waals surface area contributed by atoms with Crippen molar-refractivity contribution in [2.75, 3.05) is 0 Å². The van der Waals surface area contributed by atoms with Crippen LogP contribution in [0.15, 0.2) is 41.6 Å². The van der Waals surface area contributed by atoms with Crippen LogP contribution in [0.3, 0.4) is 0 Å². The zero-order valence-corrected chi connectivity index (χ0v) is 11.7. The lowest BCUT2D eigenvalue weighted by Gasteiger charge is -2.01. The normalized spacial score (nSPS) is 11.7. The molecular weight excluding hydrogens is 309 g/mol. The van der Waals surface area contributed by atoms with Gasteiger partial charge in [-0.3, -0.25) is 4.55 Å². The van der Waals surface area contributed by atoms with Crippen LogP contribution in [-0.4, -0.2) is 29.1 Å². The summed E-state index contributed by atoms with van der Waals surface area (Å²) in [5.41, 5.74) is 0.956. The topological polar surface area (TPSA) is 83.1 Å². The van der Waals surface area contributed by atoms with E-state index in [1.165, 1.54) is 24.5 Å². The van der Waals surface area contributed by atoms with Crippen LogP contribution in [0.4, 0.5) is 13.2 Å². The van der Waals surface area contributed by atoms with Gasteiger partial charge in [0.25, 0.3) is 10.1 Å². The summed E-state index contributed by atoms with van der Waals surface area (Å²) in [6.07, 6.45) is -2.50. The van der Waals surface area contributed by atoms with Crippen molar-refractivity contribution in [2.45, 2.75) is 24.4 Å². The molecule has 21 heavy (non-hydrogen) atoms. The minimum absolute atomic E-state index is 0.0486. The standard InChI is InChI=1S/C7H8O3S.C5H5F3N2/c1-6-2-4-7(5-3-6)11(8,9)10;6-5(7,8)3-4-9-1-2-10-4/h2-5H,1H3,(H,8,9,10);1-2H,3H2,(H,9,10). The Balaban J connectivity index is 0.000000211. The lowest BCUT2D eigenvalue weighted by Crippen LogP contribution is -2.12. The van der Waals surface area contributed by atoms with Crippen LogP contribution in [0.25, 0.3) is 0 Å². The van der Waals surface area contributed by atoms with Gasteiger partial charge in [0, 0.05) is 12.4 Å². The number of nitrogens with one attached hydrogen (secondary N) is 1. The fraction of sp³-hybridized carbons (Fsp3) is 0.250. The second-order valence-electron chi connectivity index (χ2n) is 4.12. The van der Waals surface area contributed by atoms with E-state index in [4.69, 9.17) is 4.55 Å². The van der Waals surface area contributed by atoms with Gasteiger partial charge in [-0.1, -0.05) is 17.7 Å². The lowest BCUT2D eigenvalue weighted by molar-refractivity contribution is -0.128. The molecule has 0 fully saturated rings. The number of halogens is 3. The molecule has 0 saturated carbocycles. The van der Waals surface area contributed by atoms with Gasteiger partial charge in [-0.05, 0) is 19.1 Å². The van der Waals surface area contributed by atoms with Gasteiger partial charge in [0.15, 0.2) is 0 Å². The number of aromatic amines is 1. The van der Waals surface area contributed by atoms with E-state index in [0.29, 0.717) is 0 Å². The molecule has 0 aliphatic carbocycles. The summed E-state index contributed by atoms with van der Waals surface area (Å²) >= 11 is 0. The Kier molecular flexibility index (Phi) is 5.50. The summed E-state index contributed by atoms with van der Waals surface area (Å²) in [5, 5.41) is 0. The third kappa shape index (κ3) is 6.91. The molecule has 0 aliphatic heterocycles. The van der Waals surface area contributed by atoms with E-state index in [-0.39, 0.29) is 10.7 Å². The van der Waals surface area contributed by atoms with Crippen LogP contribution in [0.1, 0.15) is 11.4 Å². The van der Waals surface area contributed by atoms with Gasteiger partial charge in [0.1, 0.15) is 12.2 Å². The molecule has 2 aromatic rings. The number of imidazole rings is 1. The molecule has 1 heterocycles. The fourth-order valence-corrected chi connectivity index (χ4v) is 1.77. The number of alkyl halides is 3. The molecule has 0 saturated heterocycles. The summed E-state index contributed by atoms with van der Waals surface area (Å²) in [6.45, 7) is 1.84. The largest absolute Gasteiger partial charge is 0.396 e. The van der Waals surface area contributed by atoms with Gasteiger partial charge in [0.05, 0.1) is 4.90 Å². The van der Waals surface area contributed by atoms with E-state index < -0.39 is 22.7 Å². The maximum absolute atomic E-state index is 11.6. The zero-order valence-electron chi connectivity index (χ0n) is 10.9. The van der Waals surface area contributed by atoms with Crippen molar-refractivity contribution in [2.24, 2.45) is 0 Å². The number of nitrogens with zero attached hydrogens (tertiary/aromatic N) is 1. The van der Waals surface area contributed by atoms with E-state index >= 15 is 0 Å². The van der Waals surface area contributed by atoms with E-state index in [1.807, 2.05) is 6.92 Å². The van der Waals surface area contributed by atoms with E-state index in [0.717, 1.165) is 5.56 Å². The second kappa shape index (κ2) is 6.72. The molecule has 116 valence electrons. The van der Waals surface area contributed by atoms with E-state index in [2.05, 4.69) is 9.97 Å². The Morgan fingerprint density at radius 3 is 2.19 bits per heavy atom. The van der Waals surface area contributed by atoms with Gasteiger partial charge < -0.3 is 4.98 Å². The molecule has 0 radical (unpaired) electrons. The minimum Gasteiger partial charge on any atom is -0.348 e. The lowest BCUT2D eigenvalue weighted by atomic mass is 10.2. The van der Waals surface area contributed by atoms with Crippen LogP contribution in [0, 0.1) is 6.92 Å². The molecule has 0 unspecified atom stereocenters. The number of hydrogen-bond donors (Lipinski definition) is 2. The van der Waals surface area contributed by atoms with Crippen LogP contribution < -0.4 is 0 Å². The Morgan fingerprint density at radius 1 is 1.24 bits per heavy atom. The average Bonchev–Trinajstić information content (AvgIpc) is 2.79. The Morgan fingerprint density at radius 2 is 1.81 bits per heavy atom. The molecule has 0 atom stereocenters. The first-order valence-electron chi connectivity index (χ1n) is 5.67. The molecular formula is C12H13F3N2O3S. The van der Waals surface area contributed by atoms with Crippen LogP contribution in [0.2, 0.25) is 0 Å². The predicted molar refractivity (Wildman–Crippen MR) is 69.3 cm³/mol. The smallest absolute Gasteiger partial charge is 0.348 e. The number of hydrogen-bond acceptors (Lipinski definition) is 3. The monoisotopic (exact) mass is 322 g/mol. The van der Waals surface area contributed by atoms with Gasteiger partial charge in [0.2, 0.25) is 0 Å². The van der Waals surface area contributed by atoms with Crippen molar-refractivity contribution < 1.29 is 26.1 Å². The summed E-state index contributed by atoms with van der Waals surface area (Å²) in [4.78, 5) is 5.72. The summed E-state index contributed by atoms with van der Waals surface area (Å²) in [6, 6.07) is 5.99. The molecule has 5 nitrogen and oxygen atoms in total. The summed E-state index contributed by atoms with van der Waals surface area (Å²) in [5.74, 6) is -0.0486. The third-order valence-corrected chi connectivity index (χ3v) is 3.11.